The van der Waals surface area contributed by atoms with Crippen molar-refractivity contribution in [1.82, 2.24) is 15.4 Å². The number of benzene rings is 1. The Labute approximate surface area is 185 Å². The maximum Gasteiger partial charge on any atom is 0.327 e. The molecular weight excluding hydrogens is 453 g/mol. The average molecular weight is 470 g/mol. The van der Waals surface area contributed by atoms with E-state index in [4.69, 9.17) is 27.7 Å². The van der Waals surface area contributed by atoms with Crippen LogP contribution in [0.25, 0.3) is 11.3 Å². The molecule has 2 fully saturated rings. The third-order valence-corrected chi connectivity index (χ3v) is 7.45. The molecule has 0 aliphatic carbocycles. The highest BCUT2D eigenvalue weighted by molar-refractivity contribution is 8.01. The molecule has 8 nitrogen and oxygen atoms in total. The largest absolute Gasteiger partial charge is 0.480 e. The number of carbonyl (C=O) groups excluding carboxylic acids is 2. The number of halogens is 2. The number of thioether (sulfide) groups is 1. The van der Waals surface area contributed by atoms with E-state index in [1.165, 1.54) is 16.7 Å². The number of carboxylic acids is 1. The normalized spacial score (nSPS) is 24.4. The third-order valence-electron chi connectivity index (χ3n) is 5.25. The van der Waals surface area contributed by atoms with Crippen LogP contribution < -0.4 is 5.32 Å². The molecule has 2 aromatic rings. The van der Waals surface area contributed by atoms with Crippen LogP contribution in [0.15, 0.2) is 22.7 Å². The number of carboxylic acid groups (broad SMARTS) is 1. The van der Waals surface area contributed by atoms with Crippen LogP contribution in [-0.4, -0.2) is 55.2 Å². The second kappa shape index (κ2) is 7.18. The topological polar surface area (TPSA) is 113 Å². The first-order chi connectivity index (χ1) is 14.0. The number of aryl methyl sites for hydroxylation is 1. The molecule has 2 N–H and O–H groups in total. The lowest BCUT2D eigenvalue weighted by Crippen LogP contribution is -2.70. The predicted molar refractivity (Wildman–Crippen MR) is 112 cm³/mol. The molecule has 1 aromatic heterocycles. The van der Waals surface area contributed by atoms with E-state index >= 15 is 0 Å². The summed E-state index contributed by atoms with van der Waals surface area (Å²) in [6.07, 6.45) is 0. The van der Waals surface area contributed by atoms with E-state index < -0.39 is 40.0 Å². The smallest absolute Gasteiger partial charge is 0.327 e. The Bertz CT molecular complexity index is 1070. The standard InChI is InChI=1S/C19H17Cl2N3O5S/c1-7-10(12(23-29-7)11-8(20)5-4-6-9(11)21)15(25)22-13-16(26)24-14(18(27)28)19(2,3)30-17(13)24/h4-6,13-14,17H,1-3H3,(H,22,25)(H,27,28)/t13?,14?,17-/m1/s1. The number of carbonyl (C=O) groups is 3. The van der Waals surface area contributed by atoms with Crippen LogP contribution in [0.1, 0.15) is 30.0 Å². The maximum atomic E-state index is 13.1. The van der Waals surface area contributed by atoms with Gasteiger partial charge in [-0.15, -0.1) is 11.8 Å². The average Bonchev–Trinajstić information content (AvgIpc) is 3.14. The quantitative estimate of drug-likeness (QED) is 0.660. The number of hydrogen-bond donors (Lipinski definition) is 2. The molecule has 158 valence electrons. The molecule has 11 heteroatoms. The molecule has 2 amide bonds. The van der Waals surface area contributed by atoms with E-state index in [9.17, 15) is 19.5 Å². The minimum Gasteiger partial charge on any atom is -0.480 e. The molecule has 0 saturated carbocycles. The zero-order valence-electron chi connectivity index (χ0n) is 16.1. The van der Waals surface area contributed by atoms with Gasteiger partial charge in [-0.3, -0.25) is 9.59 Å². The number of aromatic nitrogens is 1. The maximum absolute atomic E-state index is 13.1. The van der Waals surface area contributed by atoms with Crippen LogP contribution in [0.3, 0.4) is 0 Å². The van der Waals surface area contributed by atoms with Gasteiger partial charge in [0.25, 0.3) is 5.91 Å². The highest BCUT2D eigenvalue weighted by atomic mass is 35.5. The van der Waals surface area contributed by atoms with Crippen LogP contribution in [-0.2, 0) is 9.59 Å². The number of amides is 2. The van der Waals surface area contributed by atoms with Gasteiger partial charge in [-0.25, -0.2) is 4.79 Å². The number of β-lactam (4-membered cyclic amide) rings is 1. The van der Waals surface area contributed by atoms with E-state index in [2.05, 4.69) is 10.5 Å². The summed E-state index contributed by atoms with van der Waals surface area (Å²) in [7, 11) is 0. The summed E-state index contributed by atoms with van der Waals surface area (Å²) in [5.74, 6) is -1.84. The lowest BCUT2D eigenvalue weighted by molar-refractivity contribution is -0.159. The first-order valence-corrected chi connectivity index (χ1v) is 10.6. The number of aliphatic carboxylic acids is 1. The molecule has 2 unspecified atom stereocenters. The Kier molecular flexibility index (Phi) is 5.03. The summed E-state index contributed by atoms with van der Waals surface area (Å²) in [6.45, 7) is 5.10. The van der Waals surface area contributed by atoms with Gasteiger partial charge in [-0.05, 0) is 32.9 Å². The van der Waals surface area contributed by atoms with Crippen molar-refractivity contribution in [2.24, 2.45) is 0 Å². The number of hydrogen-bond acceptors (Lipinski definition) is 6. The molecule has 3 heterocycles. The van der Waals surface area contributed by atoms with Crippen molar-refractivity contribution in [3.8, 4) is 11.3 Å². The molecule has 0 bridgehead atoms. The van der Waals surface area contributed by atoms with E-state index in [-0.39, 0.29) is 17.0 Å². The van der Waals surface area contributed by atoms with Crippen molar-refractivity contribution in [1.29, 1.82) is 0 Å². The minimum atomic E-state index is -1.07. The molecule has 0 spiro atoms. The van der Waals surface area contributed by atoms with Crippen LogP contribution >= 0.6 is 35.0 Å². The SMILES string of the molecule is Cc1onc(-c2c(Cl)cccc2Cl)c1C(=O)NC1C(=O)N2C(C(=O)O)C(C)(C)S[C@H]12. The highest BCUT2D eigenvalue weighted by Crippen LogP contribution is 2.51. The fourth-order valence-corrected chi connectivity index (χ4v) is 6.09. The summed E-state index contributed by atoms with van der Waals surface area (Å²) in [4.78, 5) is 38.7. The van der Waals surface area contributed by atoms with Gasteiger partial charge in [0.2, 0.25) is 5.91 Å². The van der Waals surface area contributed by atoms with Gasteiger partial charge in [0, 0.05) is 10.3 Å². The Morgan fingerprint density at radius 1 is 1.30 bits per heavy atom. The molecule has 0 radical (unpaired) electrons. The number of nitrogens with one attached hydrogen (secondary N) is 1. The fourth-order valence-electron chi connectivity index (χ4n) is 3.89. The number of rotatable bonds is 4. The molecule has 4 rings (SSSR count). The number of nitrogens with zero attached hydrogens (tertiary/aromatic N) is 2. The number of fused-ring (bicyclic) bond motifs is 1. The van der Waals surface area contributed by atoms with Crippen LogP contribution in [0.4, 0.5) is 0 Å². The molecule has 2 aliphatic heterocycles. The highest BCUT2D eigenvalue weighted by Gasteiger charge is 2.64. The monoisotopic (exact) mass is 469 g/mol. The van der Waals surface area contributed by atoms with Crippen molar-refractivity contribution in [3.63, 3.8) is 0 Å². The molecule has 1 aromatic carbocycles. The van der Waals surface area contributed by atoms with E-state index in [0.29, 0.717) is 15.6 Å². The minimum absolute atomic E-state index is 0.119. The first kappa shape index (κ1) is 21.0. The summed E-state index contributed by atoms with van der Waals surface area (Å²) >= 11 is 13.8. The first-order valence-electron chi connectivity index (χ1n) is 8.99. The second-order valence-electron chi connectivity index (χ2n) is 7.61. The fraction of sp³-hybridized carbons (Fsp3) is 0.368. The summed E-state index contributed by atoms with van der Waals surface area (Å²) in [6, 6.07) is 3.09. The zero-order valence-corrected chi connectivity index (χ0v) is 18.4. The molecule has 2 saturated heterocycles. The van der Waals surface area contributed by atoms with Crippen molar-refractivity contribution in [2.75, 3.05) is 0 Å². The van der Waals surface area contributed by atoms with Gasteiger partial charge in [-0.1, -0.05) is 34.4 Å². The lowest BCUT2D eigenvalue weighted by Gasteiger charge is -2.43. The summed E-state index contributed by atoms with van der Waals surface area (Å²) in [5.41, 5.74) is 0.645. The van der Waals surface area contributed by atoms with Gasteiger partial charge in [0.05, 0.1) is 10.0 Å². The second-order valence-corrected chi connectivity index (χ2v) is 10.2. The molecule has 30 heavy (non-hydrogen) atoms. The molecular formula is C19H17Cl2N3O5S. The van der Waals surface area contributed by atoms with E-state index in [1.807, 2.05) is 0 Å². The van der Waals surface area contributed by atoms with Crippen LogP contribution in [0.5, 0.6) is 0 Å². The van der Waals surface area contributed by atoms with Crippen molar-refractivity contribution in [3.05, 3.63) is 39.6 Å². The Hall–Kier alpha value is -2.23. The van der Waals surface area contributed by atoms with Gasteiger partial charge in [0.15, 0.2) is 0 Å². The Balaban J connectivity index is 1.62. The predicted octanol–water partition coefficient (Wildman–Crippen LogP) is 3.20. The molecule has 3 atom stereocenters. The van der Waals surface area contributed by atoms with Gasteiger partial charge in [-0.2, -0.15) is 0 Å². The van der Waals surface area contributed by atoms with Crippen LogP contribution in [0.2, 0.25) is 10.0 Å². The summed E-state index contributed by atoms with van der Waals surface area (Å²) in [5, 5.41) is 16.3. The van der Waals surface area contributed by atoms with E-state index in [0.717, 1.165) is 0 Å². The van der Waals surface area contributed by atoms with Gasteiger partial charge < -0.3 is 19.8 Å². The lowest BCUT2D eigenvalue weighted by atomic mass is 9.95. The Morgan fingerprint density at radius 2 is 1.93 bits per heavy atom. The van der Waals surface area contributed by atoms with Crippen LogP contribution in [0, 0.1) is 6.92 Å². The van der Waals surface area contributed by atoms with E-state index in [1.54, 1.807) is 39.0 Å². The zero-order chi connectivity index (χ0) is 22.0. The third kappa shape index (κ3) is 3.07. The van der Waals surface area contributed by atoms with Crippen molar-refractivity contribution >= 4 is 52.7 Å². The Morgan fingerprint density at radius 3 is 2.53 bits per heavy atom. The molecule has 2 aliphatic rings. The van der Waals surface area contributed by atoms with Crippen molar-refractivity contribution < 1.29 is 24.0 Å². The van der Waals surface area contributed by atoms with Crippen molar-refractivity contribution in [2.45, 2.75) is 43.0 Å². The summed E-state index contributed by atoms with van der Waals surface area (Å²) < 4.78 is 4.52. The van der Waals surface area contributed by atoms with Gasteiger partial charge >= 0.3 is 5.97 Å². The van der Waals surface area contributed by atoms with Gasteiger partial charge in [0.1, 0.15) is 34.5 Å².